The number of rotatable bonds is 5. The van der Waals surface area contributed by atoms with E-state index in [0.29, 0.717) is 16.5 Å². The molecule has 1 heterocycles. The van der Waals surface area contributed by atoms with Crippen LogP contribution in [0.5, 0.6) is 5.75 Å². The van der Waals surface area contributed by atoms with Crippen LogP contribution in [0.1, 0.15) is 0 Å². The fraction of sp³-hybridized carbons (Fsp3) is 0.0667. The highest BCUT2D eigenvalue weighted by molar-refractivity contribution is 7.13. The van der Waals surface area contributed by atoms with Crippen molar-refractivity contribution in [2.45, 2.75) is 0 Å². The lowest BCUT2D eigenvalue weighted by atomic mass is 10.1. The molecule has 0 aliphatic heterocycles. The number of nitrogens with one attached hydrogen (secondary N) is 1. The fourth-order valence-corrected chi connectivity index (χ4v) is 2.85. The van der Waals surface area contributed by atoms with Crippen LogP contribution in [0, 0.1) is 0 Å². The molecule has 0 atom stereocenters. The predicted molar refractivity (Wildman–Crippen MR) is 94.2 cm³/mol. The van der Waals surface area contributed by atoms with Gasteiger partial charge in [0.1, 0.15) is 5.69 Å². The van der Waals surface area contributed by atoms with E-state index in [-0.39, 0.29) is 17.4 Å². The van der Waals surface area contributed by atoms with Crippen LogP contribution < -0.4 is 32.4 Å². The summed E-state index contributed by atoms with van der Waals surface area (Å²) in [6.45, 7) is 0. The maximum atomic E-state index is 11.6. The Morgan fingerprint density at radius 1 is 1.29 bits per heavy atom. The predicted octanol–water partition coefficient (Wildman–Crippen LogP) is 1.06. The van der Waals surface area contributed by atoms with Gasteiger partial charge in [-0.3, -0.25) is 9.59 Å². The van der Waals surface area contributed by atoms with E-state index >= 15 is 0 Å². The zero-order chi connectivity index (χ0) is 17.3. The number of benzene rings is 1. The van der Waals surface area contributed by atoms with Crippen LogP contribution in [0.25, 0.3) is 11.3 Å². The SMILES string of the molecule is COc1c(Nc2cccc(-c3csc(N=C(N)N)n3)c2)c(=O)c1=O. The minimum absolute atomic E-state index is 0.0362. The number of thiazole rings is 1. The van der Waals surface area contributed by atoms with Crippen molar-refractivity contribution in [2.75, 3.05) is 12.4 Å². The van der Waals surface area contributed by atoms with Crippen molar-refractivity contribution in [2.24, 2.45) is 16.5 Å². The largest absolute Gasteiger partial charge is 0.491 e. The van der Waals surface area contributed by atoms with Gasteiger partial charge in [-0.25, -0.2) is 4.98 Å². The van der Waals surface area contributed by atoms with Gasteiger partial charge in [-0.15, -0.1) is 11.3 Å². The van der Waals surface area contributed by atoms with Crippen molar-refractivity contribution in [1.82, 2.24) is 4.98 Å². The van der Waals surface area contributed by atoms with Crippen molar-refractivity contribution in [3.63, 3.8) is 0 Å². The van der Waals surface area contributed by atoms with Gasteiger partial charge in [0.05, 0.1) is 12.8 Å². The number of hydrogen-bond acceptors (Lipinski definition) is 7. The van der Waals surface area contributed by atoms with Crippen LogP contribution in [0.4, 0.5) is 16.5 Å². The molecule has 2 aromatic carbocycles. The van der Waals surface area contributed by atoms with Crippen molar-refractivity contribution in [3.8, 4) is 17.0 Å². The minimum Gasteiger partial charge on any atom is -0.491 e. The Hall–Kier alpha value is -3.20. The van der Waals surface area contributed by atoms with E-state index in [2.05, 4.69) is 15.3 Å². The molecule has 0 aliphatic carbocycles. The summed E-state index contributed by atoms with van der Waals surface area (Å²) in [6.07, 6.45) is 0. The molecule has 0 fully saturated rings. The fourth-order valence-electron chi connectivity index (χ4n) is 2.14. The molecule has 122 valence electrons. The second-order valence-corrected chi connectivity index (χ2v) is 5.66. The highest BCUT2D eigenvalue weighted by Crippen LogP contribution is 2.29. The molecule has 0 aliphatic rings. The highest BCUT2D eigenvalue weighted by atomic mass is 32.1. The van der Waals surface area contributed by atoms with E-state index in [1.165, 1.54) is 18.4 Å². The first kappa shape index (κ1) is 15.7. The van der Waals surface area contributed by atoms with Crippen LogP contribution in [-0.4, -0.2) is 18.1 Å². The van der Waals surface area contributed by atoms with Gasteiger partial charge >= 0.3 is 0 Å². The lowest BCUT2D eigenvalue weighted by Gasteiger charge is -2.12. The number of guanidine groups is 1. The summed E-state index contributed by atoms with van der Waals surface area (Å²) in [5, 5.41) is 5.17. The molecular weight excluding hydrogens is 330 g/mol. The molecule has 24 heavy (non-hydrogen) atoms. The zero-order valence-electron chi connectivity index (χ0n) is 12.6. The van der Waals surface area contributed by atoms with E-state index in [4.69, 9.17) is 16.2 Å². The van der Waals surface area contributed by atoms with Gasteiger partial charge in [0.15, 0.2) is 11.7 Å². The first-order valence-electron chi connectivity index (χ1n) is 6.79. The van der Waals surface area contributed by atoms with Crippen molar-refractivity contribution >= 4 is 33.8 Å². The summed E-state index contributed by atoms with van der Waals surface area (Å²) in [7, 11) is 1.35. The monoisotopic (exact) mass is 343 g/mol. The Kier molecular flexibility index (Phi) is 4.00. The molecule has 3 rings (SSSR count). The molecule has 0 saturated heterocycles. The quantitative estimate of drug-likeness (QED) is 0.358. The Labute approximate surface area is 140 Å². The summed E-state index contributed by atoms with van der Waals surface area (Å²) in [6, 6.07) is 7.22. The van der Waals surface area contributed by atoms with Crippen molar-refractivity contribution in [3.05, 3.63) is 50.1 Å². The second-order valence-electron chi connectivity index (χ2n) is 4.82. The lowest BCUT2D eigenvalue weighted by Crippen LogP contribution is -2.34. The van der Waals surface area contributed by atoms with E-state index in [1.807, 2.05) is 11.4 Å². The molecule has 9 heteroatoms. The first-order valence-corrected chi connectivity index (χ1v) is 7.67. The molecular formula is C15H13N5O3S. The molecule has 5 N–H and O–H groups in total. The second kappa shape index (κ2) is 6.13. The standard InChI is InChI=1S/C15H13N5O3S/c1-23-13-10(11(21)12(13)22)18-8-4-2-3-7(5-8)9-6-24-15(19-9)20-14(16)17/h2-6,18H,1H3,(H4,16,17,19,20). The van der Waals surface area contributed by atoms with Gasteiger partial charge in [-0.1, -0.05) is 12.1 Å². The number of methoxy groups -OCH3 is 1. The van der Waals surface area contributed by atoms with E-state index in [9.17, 15) is 9.59 Å². The lowest BCUT2D eigenvalue weighted by molar-refractivity contribution is 0.408. The zero-order valence-corrected chi connectivity index (χ0v) is 13.4. The summed E-state index contributed by atoms with van der Waals surface area (Å²) in [5.41, 5.74) is 11.7. The molecule has 3 aromatic rings. The topological polar surface area (TPSA) is 133 Å². The first-order chi connectivity index (χ1) is 11.5. The van der Waals surface area contributed by atoms with Gasteiger partial charge in [0.25, 0.3) is 10.9 Å². The van der Waals surface area contributed by atoms with E-state index in [0.717, 1.165) is 5.56 Å². The van der Waals surface area contributed by atoms with Crippen LogP contribution in [0.15, 0.2) is 44.2 Å². The molecule has 0 bridgehead atoms. The van der Waals surface area contributed by atoms with Crippen LogP contribution >= 0.6 is 11.3 Å². The Morgan fingerprint density at radius 3 is 2.79 bits per heavy atom. The maximum Gasteiger partial charge on any atom is 0.272 e. The van der Waals surface area contributed by atoms with Gasteiger partial charge < -0.3 is 21.5 Å². The van der Waals surface area contributed by atoms with Crippen molar-refractivity contribution in [1.29, 1.82) is 0 Å². The number of ether oxygens (including phenoxy) is 1. The number of anilines is 2. The molecule has 0 spiro atoms. The van der Waals surface area contributed by atoms with Gasteiger partial charge in [0, 0.05) is 16.6 Å². The molecule has 0 saturated carbocycles. The Bertz CT molecular complexity index is 997. The number of nitrogens with zero attached hydrogens (tertiary/aromatic N) is 2. The van der Waals surface area contributed by atoms with Gasteiger partial charge in [0.2, 0.25) is 5.13 Å². The van der Waals surface area contributed by atoms with Crippen LogP contribution in [-0.2, 0) is 0 Å². The maximum absolute atomic E-state index is 11.6. The summed E-state index contributed by atoms with van der Waals surface area (Å²) in [5.74, 6) is -0.0207. The Balaban J connectivity index is 1.88. The molecule has 8 nitrogen and oxygen atoms in total. The average molecular weight is 343 g/mol. The van der Waals surface area contributed by atoms with Gasteiger partial charge in [-0.2, -0.15) is 4.99 Å². The summed E-state index contributed by atoms with van der Waals surface area (Å²) < 4.78 is 4.91. The number of aliphatic imine (C=N–C) groups is 1. The van der Waals surface area contributed by atoms with Crippen molar-refractivity contribution < 1.29 is 4.74 Å². The van der Waals surface area contributed by atoms with E-state index in [1.54, 1.807) is 18.2 Å². The highest BCUT2D eigenvalue weighted by Gasteiger charge is 2.21. The summed E-state index contributed by atoms with van der Waals surface area (Å²) in [4.78, 5) is 31.2. The third kappa shape index (κ3) is 2.84. The van der Waals surface area contributed by atoms with Crippen LogP contribution in [0.3, 0.4) is 0 Å². The number of nitrogens with two attached hydrogens (primary N) is 2. The van der Waals surface area contributed by atoms with Crippen LogP contribution in [0.2, 0.25) is 0 Å². The van der Waals surface area contributed by atoms with E-state index < -0.39 is 10.9 Å². The summed E-state index contributed by atoms with van der Waals surface area (Å²) >= 11 is 1.31. The average Bonchev–Trinajstić information content (AvgIpc) is 3.02. The van der Waals surface area contributed by atoms with Gasteiger partial charge in [-0.05, 0) is 12.1 Å². The smallest absolute Gasteiger partial charge is 0.272 e. The Morgan fingerprint density at radius 2 is 2.08 bits per heavy atom. The number of aromatic nitrogens is 1. The number of hydrogen-bond donors (Lipinski definition) is 3. The normalized spacial score (nSPS) is 10.5. The molecule has 1 aromatic heterocycles. The molecule has 0 unspecified atom stereocenters. The molecule has 0 amide bonds. The minimum atomic E-state index is -0.627. The third-order valence-electron chi connectivity index (χ3n) is 3.22. The molecule has 0 radical (unpaired) electrons. The third-order valence-corrected chi connectivity index (χ3v) is 3.95.